The highest BCUT2D eigenvalue weighted by molar-refractivity contribution is 7.89. The Hall–Kier alpha value is -1.44. The number of nitrogens with two attached hydrogens (primary N) is 1. The van der Waals surface area contributed by atoms with E-state index in [0.29, 0.717) is 11.3 Å². The van der Waals surface area contributed by atoms with E-state index in [1.54, 1.807) is 13.0 Å². The monoisotopic (exact) mass is 286 g/mol. The number of rotatable bonds is 5. The largest absolute Gasteiger partial charge is 0.369 e. The Morgan fingerprint density at radius 3 is 2.53 bits per heavy atom. The maximum absolute atomic E-state index is 11.5. The van der Waals surface area contributed by atoms with Crippen LogP contribution in [0.4, 0.5) is 5.69 Å². The highest BCUT2D eigenvalue weighted by Gasteiger charge is 2.12. The molecule has 1 amide bonds. The third kappa shape index (κ3) is 4.98. The molecule has 1 rings (SSSR count). The van der Waals surface area contributed by atoms with Crippen LogP contribution in [0.25, 0.3) is 0 Å². The van der Waals surface area contributed by atoms with Gasteiger partial charge in [0.05, 0.1) is 11.0 Å². The molecule has 0 atom stereocenters. The SMILES string of the molecule is Cc1cc(NC(=O)COC(C)C)ccc1S(N)(=O)=O. The Balaban J connectivity index is 2.77. The summed E-state index contributed by atoms with van der Waals surface area (Å²) in [5.74, 6) is -0.295. The van der Waals surface area contributed by atoms with Crippen LogP contribution in [0.2, 0.25) is 0 Å². The lowest BCUT2D eigenvalue weighted by molar-refractivity contribution is -0.121. The first-order valence-electron chi connectivity index (χ1n) is 5.75. The summed E-state index contributed by atoms with van der Waals surface area (Å²) >= 11 is 0. The van der Waals surface area contributed by atoms with Crippen molar-refractivity contribution in [3.63, 3.8) is 0 Å². The molecule has 1 aromatic rings. The molecular weight excluding hydrogens is 268 g/mol. The van der Waals surface area contributed by atoms with E-state index in [9.17, 15) is 13.2 Å². The standard InChI is InChI=1S/C12H18N2O4S/c1-8(2)18-7-12(15)14-10-4-5-11(9(3)6-10)19(13,16)17/h4-6,8H,7H2,1-3H3,(H,14,15)(H2,13,16,17). The van der Waals surface area contributed by atoms with Gasteiger partial charge in [-0.2, -0.15) is 0 Å². The summed E-state index contributed by atoms with van der Waals surface area (Å²) < 4.78 is 27.6. The lowest BCUT2D eigenvalue weighted by atomic mass is 10.2. The number of amides is 1. The molecule has 19 heavy (non-hydrogen) atoms. The average molecular weight is 286 g/mol. The van der Waals surface area contributed by atoms with Crippen molar-refractivity contribution >= 4 is 21.6 Å². The van der Waals surface area contributed by atoms with Crippen LogP contribution in [0.3, 0.4) is 0 Å². The molecule has 0 saturated heterocycles. The van der Waals surface area contributed by atoms with Crippen LogP contribution < -0.4 is 10.5 Å². The molecule has 1 aromatic carbocycles. The van der Waals surface area contributed by atoms with Gasteiger partial charge in [0.15, 0.2) is 0 Å². The van der Waals surface area contributed by atoms with Gasteiger partial charge in [-0.05, 0) is 44.5 Å². The number of hydrogen-bond acceptors (Lipinski definition) is 4. The Labute approximate surface area is 113 Å². The number of hydrogen-bond donors (Lipinski definition) is 2. The fraction of sp³-hybridized carbons (Fsp3) is 0.417. The molecule has 0 aliphatic rings. The van der Waals surface area contributed by atoms with Gasteiger partial charge in [-0.3, -0.25) is 4.79 Å². The van der Waals surface area contributed by atoms with Gasteiger partial charge in [-0.1, -0.05) is 0 Å². The molecule has 0 aromatic heterocycles. The molecule has 7 heteroatoms. The minimum absolute atomic E-state index is 0.0303. The topological polar surface area (TPSA) is 98.5 Å². The van der Waals surface area contributed by atoms with Gasteiger partial charge in [0, 0.05) is 5.69 Å². The van der Waals surface area contributed by atoms with Crippen molar-refractivity contribution in [3.8, 4) is 0 Å². The van der Waals surface area contributed by atoms with Gasteiger partial charge < -0.3 is 10.1 Å². The maximum Gasteiger partial charge on any atom is 0.250 e. The predicted molar refractivity (Wildman–Crippen MR) is 72.3 cm³/mol. The number of primary sulfonamides is 1. The maximum atomic E-state index is 11.5. The van der Waals surface area contributed by atoms with Gasteiger partial charge >= 0.3 is 0 Å². The lowest BCUT2D eigenvalue weighted by Crippen LogP contribution is -2.21. The second-order valence-electron chi connectivity index (χ2n) is 4.43. The first-order chi connectivity index (χ1) is 8.70. The molecule has 0 radical (unpaired) electrons. The van der Waals surface area contributed by atoms with Crippen LogP contribution in [0, 0.1) is 6.92 Å². The van der Waals surface area contributed by atoms with Crippen LogP contribution in [0.5, 0.6) is 0 Å². The number of aryl methyl sites for hydroxylation is 1. The number of ether oxygens (including phenoxy) is 1. The smallest absolute Gasteiger partial charge is 0.250 e. The van der Waals surface area contributed by atoms with E-state index in [-0.39, 0.29) is 23.5 Å². The van der Waals surface area contributed by atoms with E-state index >= 15 is 0 Å². The predicted octanol–water partition coefficient (Wildman–Crippen LogP) is 1.01. The van der Waals surface area contributed by atoms with E-state index < -0.39 is 10.0 Å². The summed E-state index contributed by atoms with van der Waals surface area (Å²) in [7, 11) is -3.74. The van der Waals surface area contributed by atoms with E-state index in [0.717, 1.165) is 0 Å². The molecule has 3 N–H and O–H groups in total. The van der Waals surface area contributed by atoms with Crippen molar-refractivity contribution in [2.45, 2.75) is 31.8 Å². The van der Waals surface area contributed by atoms with Gasteiger partial charge in [0.2, 0.25) is 15.9 Å². The molecule has 0 saturated carbocycles. The number of carbonyl (C=O) groups is 1. The zero-order chi connectivity index (χ0) is 14.6. The molecule has 0 unspecified atom stereocenters. The summed E-state index contributed by atoms with van der Waals surface area (Å²) in [5, 5.41) is 7.67. The molecule has 0 heterocycles. The van der Waals surface area contributed by atoms with Crippen LogP contribution in [0.1, 0.15) is 19.4 Å². The van der Waals surface area contributed by atoms with Crippen LogP contribution in [-0.2, 0) is 19.6 Å². The number of carbonyl (C=O) groups excluding carboxylic acids is 1. The highest BCUT2D eigenvalue weighted by atomic mass is 32.2. The Morgan fingerprint density at radius 1 is 1.42 bits per heavy atom. The molecule has 0 fully saturated rings. The molecule has 0 aliphatic carbocycles. The highest BCUT2D eigenvalue weighted by Crippen LogP contribution is 2.18. The quantitative estimate of drug-likeness (QED) is 0.843. The molecule has 106 valence electrons. The van der Waals surface area contributed by atoms with Crippen LogP contribution >= 0.6 is 0 Å². The van der Waals surface area contributed by atoms with Gasteiger partial charge in [0.25, 0.3) is 0 Å². The van der Waals surface area contributed by atoms with Crippen molar-refractivity contribution < 1.29 is 17.9 Å². The third-order valence-electron chi connectivity index (χ3n) is 2.31. The summed E-state index contributed by atoms with van der Waals surface area (Å²) in [5.41, 5.74) is 0.979. The second-order valence-corrected chi connectivity index (χ2v) is 5.96. The molecule has 6 nitrogen and oxygen atoms in total. The Morgan fingerprint density at radius 2 is 2.05 bits per heavy atom. The molecule has 0 bridgehead atoms. The third-order valence-corrected chi connectivity index (χ3v) is 3.38. The molecule has 0 spiro atoms. The zero-order valence-corrected chi connectivity index (χ0v) is 12.0. The minimum Gasteiger partial charge on any atom is -0.369 e. The Kier molecular flexibility index (Phi) is 5.04. The second kappa shape index (κ2) is 6.14. The number of benzene rings is 1. The van der Waals surface area contributed by atoms with Gasteiger partial charge in [0.1, 0.15) is 6.61 Å². The number of nitrogens with one attached hydrogen (secondary N) is 1. The van der Waals surface area contributed by atoms with E-state index in [2.05, 4.69) is 5.32 Å². The summed E-state index contributed by atoms with van der Waals surface area (Å²) in [4.78, 5) is 11.6. The van der Waals surface area contributed by atoms with Crippen molar-refractivity contribution in [2.75, 3.05) is 11.9 Å². The van der Waals surface area contributed by atoms with Gasteiger partial charge in [-0.25, -0.2) is 13.6 Å². The number of anilines is 1. The summed E-state index contributed by atoms with van der Waals surface area (Å²) in [6.45, 7) is 5.23. The average Bonchev–Trinajstić information content (AvgIpc) is 2.24. The first kappa shape index (κ1) is 15.6. The van der Waals surface area contributed by atoms with Crippen molar-refractivity contribution in [2.24, 2.45) is 5.14 Å². The Bertz CT molecular complexity index is 567. The van der Waals surface area contributed by atoms with Crippen molar-refractivity contribution in [1.29, 1.82) is 0 Å². The van der Waals surface area contributed by atoms with E-state index in [1.165, 1.54) is 12.1 Å². The van der Waals surface area contributed by atoms with Crippen LogP contribution in [0.15, 0.2) is 23.1 Å². The van der Waals surface area contributed by atoms with E-state index in [4.69, 9.17) is 9.88 Å². The lowest BCUT2D eigenvalue weighted by Gasteiger charge is -2.10. The fourth-order valence-corrected chi connectivity index (χ4v) is 2.25. The van der Waals surface area contributed by atoms with Gasteiger partial charge in [-0.15, -0.1) is 0 Å². The van der Waals surface area contributed by atoms with E-state index in [1.807, 2.05) is 13.8 Å². The first-order valence-corrected chi connectivity index (χ1v) is 7.29. The fourth-order valence-electron chi connectivity index (χ4n) is 1.49. The minimum atomic E-state index is -3.74. The molecule has 0 aliphatic heterocycles. The van der Waals surface area contributed by atoms with Crippen LogP contribution in [-0.4, -0.2) is 27.0 Å². The summed E-state index contributed by atoms with van der Waals surface area (Å²) in [6.07, 6.45) is -0.0303. The normalized spacial score (nSPS) is 11.6. The van der Waals surface area contributed by atoms with Crippen molar-refractivity contribution in [3.05, 3.63) is 23.8 Å². The van der Waals surface area contributed by atoms with Crippen molar-refractivity contribution in [1.82, 2.24) is 0 Å². The molecular formula is C12H18N2O4S. The zero-order valence-electron chi connectivity index (χ0n) is 11.1. The number of sulfonamides is 1. The summed E-state index contributed by atoms with van der Waals surface area (Å²) in [6, 6.07) is 4.40.